The first-order valence-electron chi connectivity index (χ1n) is 11.0. The number of nitrogens with zero attached hydrogens (tertiary/aromatic N) is 5. The van der Waals surface area contributed by atoms with Crippen LogP contribution in [0.1, 0.15) is 23.9 Å². The van der Waals surface area contributed by atoms with Crippen LogP contribution in [0.2, 0.25) is 5.02 Å². The van der Waals surface area contributed by atoms with Crippen LogP contribution in [0.3, 0.4) is 0 Å². The summed E-state index contributed by atoms with van der Waals surface area (Å²) in [5.41, 5.74) is -11.1. The molecule has 0 amide bonds. The molecule has 0 radical (unpaired) electrons. The lowest BCUT2D eigenvalue weighted by Gasteiger charge is -2.17. The summed E-state index contributed by atoms with van der Waals surface area (Å²) >= 11 is 5.88. The van der Waals surface area contributed by atoms with Crippen LogP contribution in [-0.2, 0) is 29.4 Å². The third kappa shape index (κ3) is 5.17. The summed E-state index contributed by atoms with van der Waals surface area (Å²) in [5.74, 6) is -1.35. The molecule has 0 aliphatic rings. The molecular weight excluding hydrogens is 596 g/mol. The molecule has 0 fully saturated rings. The number of aromatic nitrogens is 5. The summed E-state index contributed by atoms with van der Waals surface area (Å²) in [6.45, 7) is 1.88. The van der Waals surface area contributed by atoms with Gasteiger partial charge in [0.2, 0.25) is 5.75 Å². The van der Waals surface area contributed by atoms with E-state index in [2.05, 4.69) is 14.3 Å². The minimum atomic E-state index is -6.41. The van der Waals surface area contributed by atoms with E-state index < -0.39 is 62.3 Å². The van der Waals surface area contributed by atoms with Crippen molar-refractivity contribution in [3.05, 3.63) is 79.2 Å². The van der Waals surface area contributed by atoms with E-state index in [1.165, 1.54) is 38.1 Å². The molecule has 18 heteroatoms. The van der Waals surface area contributed by atoms with Crippen LogP contribution >= 0.6 is 11.6 Å². The maximum absolute atomic E-state index is 13.6. The molecule has 3 aromatic heterocycles. The van der Waals surface area contributed by atoms with Crippen molar-refractivity contribution in [1.29, 1.82) is 0 Å². The molecule has 0 aliphatic heterocycles. The van der Waals surface area contributed by atoms with Gasteiger partial charge in [-0.05, 0) is 43.2 Å². The lowest BCUT2D eigenvalue weighted by atomic mass is 10.1. The SMILES string of the molecule is CCn1nc2c(-c3ccc(Cl)cc3)c(OS(=O)(=O)C(F)(F)F)c(=O)n(Cc3ccc(C(F)(F)F)nc3C)n2c1=O. The Kier molecular flexibility index (Phi) is 7.25. The number of benzene rings is 1. The molecule has 10 nitrogen and oxygen atoms in total. The van der Waals surface area contributed by atoms with Gasteiger partial charge in [0, 0.05) is 17.3 Å². The normalized spacial score (nSPS) is 12.7. The Morgan fingerprint density at radius 1 is 1.00 bits per heavy atom. The maximum atomic E-state index is 13.6. The highest BCUT2D eigenvalue weighted by Crippen LogP contribution is 2.35. The standard InChI is InChI=1S/C22H16ClF6N5O5S/c1-3-32-20(36)34-18(31-32)16(12-4-7-14(23)8-5-12)17(39-40(37,38)22(27,28)29)19(35)33(34)10-13-6-9-15(21(24,25)26)30-11(13)2/h4-9H,3,10H2,1-2H3. The smallest absolute Gasteiger partial charge is 0.369 e. The first kappa shape index (κ1) is 29.1. The summed E-state index contributed by atoms with van der Waals surface area (Å²) in [6.07, 6.45) is -4.79. The average molecular weight is 612 g/mol. The molecule has 0 saturated heterocycles. The van der Waals surface area contributed by atoms with Crippen LogP contribution in [0.25, 0.3) is 16.8 Å². The Bertz CT molecular complexity index is 1840. The quantitative estimate of drug-likeness (QED) is 0.184. The molecule has 0 spiro atoms. The molecule has 0 aliphatic carbocycles. The monoisotopic (exact) mass is 611 g/mol. The van der Waals surface area contributed by atoms with Crippen molar-refractivity contribution >= 4 is 27.4 Å². The molecule has 4 rings (SSSR count). The Morgan fingerprint density at radius 3 is 2.15 bits per heavy atom. The number of halogens is 7. The van der Waals surface area contributed by atoms with Gasteiger partial charge in [-0.2, -0.15) is 39.3 Å². The summed E-state index contributed by atoms with van der Waals surface area (Å²) in [5, 5.41) is 4.23. The van der Waals surface area contributed by atoms with Crippen LogP contribution in [0.15, 0.2) is 46.0 Å². The van der Waals surface area contributed by atoms with Crippen LogP contribution in [-0.4, -0.2) is 37.9 Å². The molecule has 0 bridgehead atoms. The van der Waals surface area contributed by atoms with Crippen LogP contribution in [0.5, 0.6) is 5.75 Å². The number of alkyl halides is 6. The number of rotatable bonds is 6. The molecule has 40 heavy (non-hydrogen) atoms. The van der Waals surface area contributed by atoms with Crippen molar-refractivity contribution < 1.29 is 38.9 Å². The first-order valence-corrected chi connectivity index (χ1v) is 12.8. The van der Waals surface area contributed by atoms with Crippen LogP contribution < -0.4 is 15.4 Å². The molecule has 3 heterocycles. The fraction of sp³-hybridized carbons (Fsp3) is 0.273. The Morgan fingerprint density at radius 2 is 1.62 bits per heavy atom. The van der Waals surface area contributed by atoms with Gasteiger partial charge < -0.3 is 4.18 Å². The van der Waals surface area contributed by atoms with E-state index in [4.69, 9.17) is 11.6 Å². The number of pyridine rings is 1. The Balaban J connectivity index is 2.10. The molecular formula is C22H16ClF6N5O5S. The molecule has 0 atom stereocenters. The molecule has 214 valence electrons. The number of fused-ring (bicyclic) bond motifs is 1. The van der Waals surface area contributed by atoms with Gasteiger partial charge in [-0.1, -0.05) is 29.8 Å². The van der Waals surface area contributed by atoms with E-state index in [0.29, 0.717) is 15.3 Å². The minimum Gasteiger partial charge on any atom is -0.369 e. The first-order chi connectivity index (χ1) is 18.5. The average Bonchev–Trinajstić information content (AvgIpc) is 3.17. The molecule has 4 aromatic rings. The number of hydrogen-bond acceptors (Lipinski definition) is 7. The van der Waals surface area contributed by atoms with E-state index in [-0.39, 0.29) is 28.4 Å². The van der Waals surface area contributed by atoms with E-state index in [1.807, 2.05) is 0 Å². The number of hydrogen-bond donors (Lipinski definition) is 0. The molecule has 0 unspecified atom stereocenters. The summed E-state index contributed by atoms with van der Waals surface area (Å²) < 4.78 is 109. The second-order valence-corrected chi connectivity index (χ2v) is 10.2. The maximum Gasteiger partial charge on any atom is 0.534 e. The second kappa shape index (κ2) is 9.96. The Labute approximate surface area is 225 Å². The highest BCUT2D eigenvalue weighted by Gasteiger charge is 2.49. The zero-order chi connectivity index (χ0) is 29.8. The Hall–Kier alpha value is -3.86. The van der Waals surface area contributed by atoms with Gasteiger partial charge in [-0.15, -0.1) is 5.10 Å². The zero-order valence-corrected chi connectivity index (χ0v) is 21.8. The zero-order valence-electron chi connectivity index (χ0n) is 20.2. The minimum absolute atomic E-state index is 0.0450. The van der Waals surface area contributed by atoms with Gasteiger partial charge in [-0.25, -0.2) is 19.1 Å². The van der Waals surface area contributed by atoms with Crippen molar-refractivity contribution in [2.75, 3.05) is 0 Å². The van der Waals surface area contributed by atoms with Gasteiger partial charge in [-0.3, -0.25) is 4.79 Å². The van der Waals surface area contributed by atoms with Crippen molar-refractivity contribution in [3.8, 4) is 16.9 Å². The predicted octanol–water partition coefficient (Wildman–Crippen LogP) is 4.00. The molecule has 1 aromatic carbocycles. The van der Waals surface area contributed by atoms with Gasteiger partial charge in [0.15, 0.2) is 5.65 Å². The van der Waals surface area contributed by atoms with E-state index in [0.717, 1.165) is 10.7 Å². The van der Waals surface area contributed by atoms with Crippen LogP contribution in [0.4, 0.5) is 26.3 Å². The third-order valence-corrected chi connectivity index (χ3v) is 6.86. The molecule has 0 saturated carbocycles. The lowest BCUT2D eigenvalue weighted by molar-refractivity contribution is -0.141. The third-order valence-electron chi connectivity index (χ3n) is 5.65. The highest BCUT2D eigenvalue weighted by molar-refractivity contribution is 7.88. The largest absolute Gasteiger partial charge is 0.534 e. The van der Waals surface area contributed by atoms with Crippen molar-refractivity contribution in [3.63, 3.8) is 0 Å². The van der Waals surface area contributed by atoms with Crippen molar-refractivity contribution in [1.82, 2.24) is 24.0 Å². The van der Waals surface area contributed by atoms with E-state index in [1.54, 1.807) is 0 Å². The fourth-order valence-electron chi connectivity index (χ4n) is 3.73. The summed E-state index contributed by atoms with van der Waals surface area (Å²) in [6, 6.07) is 6.59. The van der Waals surface area contributed by atoms with E-state index >= 15 is 0 Å². The summed E-state index contributed by atoms with van der Waals surface area (Å²) in [4.78, 5) is 30.2. The summed E-state index contributed by atoms with van der Waals surface area (Å²) in [7, 11) is -6.41. The van der Waals surface area contributed by atoms with Gasteiger partial charge >= 0.3 is 33.1 Å². The molecule has 0 N–H and O–H groups in total. The van der Waals surface area contributed by atoms with E-state index in [9.17, 15) is 44.3 Å². The number of aryl methyl sites for hydroxylation is 2. The fourth-order valence-corrected chi connectivity index (χ4v) is 4.32. The predicted molar refractivity (Wildman–Crippen MR) is 129 cm³/mol. The topological polar surface area (TPSA) is 118 Å². The van der Waals surface area contributed by atoms with Crippen LogP contribution in [0, 0.1) is 6.92 Å². The van der Waals surface area contributed by atoms with Gasteiger partial charge in [0.25, 0.3) is 0 Å². The lowest BCUT2D eigenvalue weighted by Crippen LogP contribution is -2.37. The van der Waals surface area contributed by atoms with Crippen molar-refractivity contribution in [2.24, 2.45) is 0 Å². The second-order valence-electron chi connectivity index (χ2n) is 8.23. The van der Waals surface area contributed by atoms with Gasteiger partial charge in [0.05, 0.1) is 12.1 Å². The van der Waals surface area contributed by atoms with Gasteiger partial charge in [0.1, 0.15) is 5.69 Å². The highest BCUT2D eigenvalue weighted by atomic mass is 35.5. The van der Waals surface area contributed by atoms with Crippen molar-refractivity contribution in [2.45, 2.75) is 38.6 Å².